The van der Waals surface area contributed by atoms with Gasteiger partial charge in [0.15, 0.2) is 10.3 Å². The van der Waals surface area contributed by atoms with Crippen molar-refractivity contribution in [3.8, 4) is 10.6 Å². The molecule has 2 N–H and O–H groups in total. The van der Waals surface area contributed by atoms with E-state index in [-0.39, 0.29) is 5.91 Å². The van der Waals surface area contributed by atoms with Gasteiger partial charge in [0.1, 0.15) is 0 Å². The maximum absolute atomic E-state index is 11.1. The third-order valence-electron chi connectivity index (χ3n) is 2.80. The van der Waals surface area contributed by atoms with Gasteiger partial charge in [0.2, 0.25) is 5.91 Å². The van der Waals surface area contributed by atoms with E-state index in [4.69, 9.17) is 0 Å². The summed E-state index contributed by atoms with van der Waals surface area (Å²) in [5, 5.41) is 9.63. The van der Waals surface area contributed by atoms with Gasteiger partial charge in [-0.25, -0.2) is 9.97 Å². The van der Waals surface area contributed by atoms with Crippen molar-refractivity contribution in [1.82, 2.24) is 9.97 Å². The van der Waals surface area contributed by atoms with E-state index in [1.165, 1.54) is 18.3 Å². The van der Waals surface area contributed by atoms with Crippen LogP contribution in [0.2, 0.25) is 0 Å². The molecule has 108 valence electrons. The number of nitrogens with zero attached hydrogens (tertiary/aromatic N) is 2. The lowest BCUT2D eigenvalue weighted by atomic mass is 10.3. The molecule has 2 aromatic rings. The van der Waals surface area contributed by atoms with E-state index in [2.05, 4.69) is 34.4 Å². The van der Waals surface area contributed by atoms with Crippen LogP contribution in [-0.4, -0.2) is 21.9 Å². The van der Waals surface area contributed by atoms with Crippen molar-refractivity contribution in [1.29, 1.82) is 0 Å². The Kier molecular flexibility index (Phi) is 4.72. The molecular weight excluding hydrogens is 292 g/mol. The third-order valence-corrected chi connectivity index (χ3v) is 4.67. The molecular formula is C13H18N4OS2. The quantitative estimate of drug-likeness (QED) is 0.882. The summed E-state index contributed by atoms with van der Waals surface area (Å²) < 4.78 is 0. The zero-order valence-electron chi connectivity index (χ0n) is 12.0. The minimum atomic E-state index is -0.109. The molecule has 7 heteroatoms. The van der Waals surface area contributed by atoms with E-state index in [1.807, 2.05) is 12.3 Å². The molecule has 1 unspecified atom stereocenters. The number of carbonyl (C=O) groups is 1. The Balaban J connectivity index is 2.19. The Hall–Kier alpha value is -1.47. The van der Waals surface area contributed by atoms with Crippen LogP contribution in [0.1, 0.15) is 32.9 Å². The fourth-order valence-corrected chi connectivity index (χ4v) is 3.46. The second kappa shape index (κ2) is 6.32. The highest BCUT2D eigenvalue weighted by molar-refractivity contribution is 7.19. The van der Waals surface area contributed by atoms with Crippen LogP contribution in [0.3, 0.4) is 0 Å². The second-order valence-corrected chi connectivity index (χ2v) is 6.46. The number of anilines is 2. The van der Waals surface area contributed by atoms with Crippen LogP contribution >= 0.6 is 22.7 Å². The van der Waals surface area contributed by atoms with Crippen LogP contribution in [0, 0.1) is 6.92 Å². The van der Waals surface area contributed by atoms with E-state index in [1.54, 1.807) is 11.3 Å². The molecule has 0 saturated carbocycles. The average molecular weight is 310 g/mol. The van der Waals surface area contributed by atoms with Gasteiger partial charge in [-0.05, 0) is 20.3 Å². The van der Waals surface area contributed by atoms with Gasteiger partial charge >= 0.3 is 0 Å². The first-order valence-electron chi connectivity index (χ1n) is 6.47. The summed E-state index contributed by atoms with van der Waals surface area (Å²) in [5.41, 5.74) is 1.80. The Bertz CT molecular complexity index is 605. The van der Waals surface area contributed by atoms with Crippen molar-refractivity contribution in [3.05, 3.63) is 11.1 Å². The highest BCUT2D eigenvalue weighted by Crippen LogP contribution is 2.34. The average Bonchev–Trinajstić information content (AvgIpc) is 2.95. The van der Waals surface area contributed by atoms with Crippen LogP contribution in [0.4, 0.5) is 10.3 Å². The van der Waals surface area contributed by atoms with Crippen LogP contribution in [-0.2, 0) is 4.79 Å². The van der Waals surface area contributed by atoms with Gasteiger partial charge in [0.25, 0.3) is 0 Å². The van der Waals surface area contributed by atoms with Crippen molar-refractivity contribution < 1.29 is 4.79 Å². The molecule has 1 amide bonds. The molecule has 0 bridgehead atoms. The largest absolute Gasteiger partial charge is 0.359 e. The van der Waals surface area contributed by atoms with Crippen LogP contribution in [0.5, 0.6) is 0 Å². The standard InChI is InChI=1S/C13H18N4OS2/c1-5-7(2)14-12-17-10(6-19-12)11-8(3)15-13(20-11)16-9(4)18/h6-7H,5H2,1-4H3,(H,14,17)(H,15,16,18). The third kappa shape index (κ3) is 3.55. The number of amides is 1. The van der Waals surface area contributed by atoms with Gasteiger partial charge in [0, 0.05) is 18.3 Å². The van der Waals surface area contributed by atoms with E-state index >= 15 is 0 Å². The first-order chi connectivity index (χ1) is 9.49. The molecule has 20 heavy (non-hydrogen) atoms. The lowest BCUT2D eigenvalue weighted by Gasteiger charge is -2.08. The van der Waals surface area contributed by atoms with Crippen molar-refractivity contribution in [2.24, 2.45) is 0 Å². The first-order valence-corrected chi connectivity index (χ1v) is 8.16. The second-order valence-electron chi connectivity index (χ2n) is 4.61. The number of aryl methyl sites for hydroxylation is 1. The van der Waals surface area contributed by atoms with Gasteiger partial charge in [-0.15, -0.1) is 11.3 Å². The predicted molar refractivity (Wildman–Crippen MR) is 85.6 cm³/mol. The Morgan fingerprint density at radius 1 is 1.40 bits per heavy atom. The Morgan fingerprint density at radius 2 is 2.15 bits per heavy atom. The topological polar surface area (TPSA) is 66.9 Å². The molecule has 0 aliphatic heterocycles. The maximum Gasteiger partial charge on any atom is 0.223 e. The molecule has 0 radical (unpaired) electrons. The fourth-order valence-electron chi connectivity index (χ4n) is 1.60. The number of carbonyl (C=O) groups excluding carboxylic acids is 1. The molecule has 0 spiro atoms. The van der Waals surface area contributed by atoms with Gasteiger partial charge in [-0.1, -0.05) is 18.3 Å². The monoisotopic (exact) mass is 310 g/mol. The minimum absolute atomic E-state index is 0.109. The normalized spacial score (nSPS) is 12.2. The zero-order chi connectivity index (χ0) is 14.7. The maximum atomic E-state index is 11.1. The highest BCUT2D eigenvalue weighted by atomic mass is 32.1. The molecule has 0 aliphatic rings. The van der Waals surface area contributed by atoms with E-state index in [0.717, 1.165) is 27.8 Å². The number of hydrogen-bond acceptors (Lipinski definition) is 6. The summed E-state index contributed by atoms with van der Waals surface area (Å²) in [6.07, 6.45) is 1.06. The lowest BCUT2D eigenvalue weighted by molar-refractivity contribution is -0.114. The molecule has 0 aliphatic carbocycles. The summed E-state index contributed by atoms with van der Waals surface area (Å²) >= 11 is 3.04. The molecule has 1 atom stereocenters. The van der Waals surface area contributed by atoms with Crippen LogP contribution in [0.15, 0.2) is 5.38 Å². The van der Waals surface area contributed by atoms with Gasteiger partial charge in [-0.3, -0.25) is 4.79 Å². The van der Waals surface area contributed by atoms with E-state index in [0.29, 0.717) is 11.2 Å². The molecule has 5 nitrogen and oxygen atoms in total. The molecule has 0 aromatic carbocycles. The fraction of sp³-hybridized carbons (Fsp3) is 0.462. The number of rotatable bonds is 5. The van der Waals surface area contributed by atoms with Gasteiger partial charge in [0.05, 0.1) is 16.3 Å². The number of nitrogens with one attached hydrogen (secondary N) is 2. The summed E-state index contributed by atoms with van der Waals surface area (Å²) in [4.78, 5) is 21.0. The molecule has 2 rings (SSSR count). The number of hydrogen-bond donors (Lipinski definition) is 2. The van der Waals surface area contributed by atoms with Gasteiger partial charge < -0.3 is 10.6 Å². The van der Waals surface area contributed by atoms with Crippen molar-refractivity contribution in [3.63, 3.8) is 0 Å². The first kappa shape index (κ1) is 14.9. The number of thiazole rings is 2. The summed E-state index contributed by atoms with van der Waals surface area (Å²) in [6.45, 7) is 7.68. The van der Waals surface area contributed by atoms with Crippen molar-refractivity contribution in [2.45, 2.75) is 40.2 Å². The molecule has 2 heterocycles. The van der Waals surface area contributed by atoms with Crippen molar-refractivity contribution in [2.75, 3.05) is 10.6 Å². The Labute approximate surface area is 126 Å². The van der Waals surface area contributed by atoms with E-state index < -0.39 is 0 Å². The zero-order valence-corrected chi connectivity index (χ0v) is 13.6. The smallest absolute Gasteiger partial charge is 0.223 e. The highest BCUT2D eigenvalue weighted by Gasteiger charge is 2.14. The summed E-state index contributed by atoms with van der Waals surface area (Å²) in [6, 6.07) is 0.409. The molecule has 0 saturated heterocycles. The molecule has 0 fully saturated rings. The SMILES string of the molecule is CCC(C)Nc1nc(-c2sc(NC(C)=O)nc2C)cs1. The van der Waals surface area contributed by atoms with Crippen LogP contribution in [0.25, 0.3) is 10.6 Å². The minimum Gasteiger partial charge on any atom is -0.359 e. The van der Waals surface area contributed by atoms with Gasteiger partial charge in [-0.2, -0.15) is 0 Å². The Morgan fingerprint density at radius 3 is 2.80 bits per heavy atom. The predicted octanol–water partition coefficient (Wildman–Crippen LogP) is 3.74. The van der Waals surface area contributed by atoms with Crippen LogP contribution < -0.4 is 10.6 Å². The lowest BCUT2D eigenvalue weighted by Crippen LogP contribution is -2.12. The summed E-state index contributed by atoms with van der Waals surface area (Å²) in [7, 11) is 0. The van der Waals surface area contributed by atoms with E-state index in [9.17, 15) is 4.79 Å². The molecule has 2 aromatic heterocycles. The summed E-state index contributed by atoms with van der Waals surface area (Å²) in [5.74, 6) is -0.109. The van der Waals surface area contributed by atoms with Crippen molar-refractivity contribution >= 4 is 38.8 Å². The number of aromatic nitrogens is 2.